The molecule has 0 aliphatic carbocycles. The number of nitrogens with one attached hydrogen (secondary N) is 4. The fraction of sp³-hybridized carbons (Fsp3) is 0.269. The van der Waals surface area contributed by atoms with Gasteiger partial charge in [0.1, 0.15) is 5.70 Å². The summed E-state index contributed by atoms with van der Waals surface area (Å²) in [5.74, 6) is 0.0316. The lowest BCUT2D eigenvalue weighted by Gasteiger charge is -2.22. The molecule has 0 bridgehead atoms. The van der Waals surface area contributed by atoms with E-state index in [1.54, 1.807) is 49.5 Å². The first-order chi connectivity index (χ1) is 18.3. The van der Waals surface area contributed by atoms with E-state index in [9.17, 15) is 19.2 Å². The lowest BCUT2D eigenvalue weighted by Crippen LogP contribution is -2.45. The summed E-state index contributed by atoms with van der Waals surface area (Å²) >= 11 is 0. The maximum absolute atomic E-state index is 13.4. The second kappa shape index (κ2) is 11.5. The molecule has 0 unspecified atom stereocenters. The quantitative estimate of drug-likeness (QED) is 0.349. The number of amides is 3. The molecule has 4 rings (SSSR count). The molecule has 3 amide bonds. The molecule has 0 spiro atoms. The molecule has 4 N–H and O–H groups in total. The monoisotopic (exact) mass is 519 g/mol. The first-order valence-electron chi connectivity index (χ1n) is 12.0. The van der Waals surface area contributed by atoms with Crippen molar-refractivity contribution in [3.8, 4) is 5.88 Å². The predicted molar refractivity (Wildman–Crippen MR) is 142 cm³/mol. The SMILES string of the molecule is CCNC(=O)Nc1cccc(Cn2c(=O)c(C)c3n(c2=O)C=C(C(=O)NCc2ccnc(OC)c2)NC3)c1. The van der Waals surface area contributed by atoms with Gasteiger partial charge < -0.3 is 26.0 Å². The second-order valence-corrected chi connectivity index (χ2v) is 8.59. The Kier molecular flexibility index (Phi) is 7.90. The molecule has 38 heavy (non-hydrogen) atoms. The molecule has 0 saturated carbocycles. The number of anilines is 1. The molecule has 1 aromatic carbocycles. The van der Waals surface area contributed by atoms with Gasteiger partial charge in [0.2, 0.25) is 5.88 Å². The Bertz CT molecular complexity index is 1520. The second-order valence-electron chi connectivity index (χ2n) is 8.59. The molecule has 12 heteroatoms. The minimum atomic E-state index is -0.566. The molecule has 198 valence electrons. The molecular formula is C26H29N7O5. The van der Waals surface area contributed by atoms with Crippen LogP contribution in [0.2, 0.25) is 0 Å². The average Bonchev–Trinajstić information content (AvgIpc) is 2.93. The van der Waals surface area contributed by atoms with Crippen LogP contribution in [0.4, 0.5) is 10.5 Å². The number of carbonyl (C=O) groups excluding carboxylic acids is 2. The van der Waals surface area contributed by atoms with Gasteiger partial charge in [-0.1, -0.05) is 12.1 Å². The Hall–Kier alpha value is -4.87. The molecule has 2 aromatic heterocycles. The van der Waals surface area contributed by atoms with Crippen LogP contribution in [0.25, 0.3) is 6.20 Å². The topological polar surface area (TPSA) is 148 Å². The van der Waals surface area contributed by atoms with Crippen LogP contribution < -0.4 is 37.3 Å². The van der Waals surface area contributed by atoms with Crippen LogP contribution in [0, 0.1) is 6.92 Å². The normalized spacial score (nSPS) is 12.0. The van der Waals surface area contributed by atoms with Crippen molar-refractivity contribution in [3.63, 3.8) is 0 Å². The molecule has 0 fully saturated rings. The molecule has 0 saturated heterocycles. The van der Waals surface area contributed by atoms with Gasteiger partial charge in [-0.3, -0.25) is 18.7 Å². The molecular weight excluding hydrogens is 490 g/mol. The lowest BCUT2D eigenvalue weighted by atomic mass is 10.1. The van der Waals surface area contributed by atoms with Crippen molar-refractivity contribution < 1.29 is 14.3 Å². The number of hydrogen-bond acceptors (Lipinski definition) is 7. The van der Waals surface area contributed by atoms with Crippen LogP contribution in [-0.4, -0.2) is 39.7 Å². The van der Waals surface area contributed by atoms with E-state index < -0.39 is 17.2 Å². The fourth-order valence-electron chi connectivity index (χ4n) is 4.04. The molecule has 1 aliphatic rings. The molecule has 1 aliphatic heterocycles. The highest BCUT2D eigenvalue weighted by atomic mass is 16.5. The van der Waals surface area contributed by atoms with Crippen molar-refractivity contribution in [2.75, 3.05) is 19.0 Å². The van der Waals surface area contributed by atoms with Gasteiger partial charge in [0.05, 0.1) is 25.9 Å². The summed E-state index contributed by atoms with van der Waals surface area (Å²) in [6.07, 6.45) is 2.99. The zero-order chi connectivity index (χ0) is 27.2. The van der Waals surface area contributed by atoms with Gasteiger partial charge in [-0.15, -0.1) is 0 Å². The highest BCUT2D eigenvalue weighted by Crippen LogP contribution is 2.14. The maximum atomic E-state index is 13.4. The van der Waals surface area contributed by atoms with Crippen LogP contribution in [0.1, 0.15) is 29.3 Å². The highest BCUT2D eigenvalue weighted by Gasteiger charge is 2.22. The van der Waals surface area contributed by atoms with E-state index in [0.29, 0.717) is 34.9 Å². The number of fused-ring (bicyclic) bond motifs is 1. The van der Waals surface area contributed by atoms with Crippen LogP contribution in [-0.2, 0) is 24.4 Å². The summed E-state index contributed by atoms with van der Waals surface area (Å²) in [6, 6.07) is 10.0. The van der Waals surface area contributed by atoms with Crippen LogP contribution in [0.5, 0.6) is 5.88 Å². The third kappa shape index (κ3) is 5.75. The number of benzene rings is 1. The summed E-state index contributed by atoms with van der Waals surface area (Å²) in [4.78, 5) is 55.2. The van der Waals surface area contributed by atoms with Gasteiger partial charge in [-0.05, 0) is 43.2 Å². The van der Waals surface area contributed by atoms with Crippen molar-refractivity contribution in [1.82, 2.24) is 30.1 Å². The van der Waals surface area contributed by atoms with E-state index >= 15 is 0 Å². The average molecular weight is 520 g/mol. The third-order valence-electron chi connectivity index (χ3n) is 6.00. The number of aromatic nitrogens is 3. The number of ether oxygens (including phenoxy) is 1. The van der Waals surface area contributed by atoms with Crippen molar-refractivity contribution >= 4 is 23.8 Å². The first kappa shape index (κ1) is 26.2. The largest absolute Gasteiger partial charge is 0.481 e. The highest BCUT2D eigenvalue weighted by molar-refractivity contribution is 5.96. The number of urea groups is 1. The van der Waals surface area contributed by atoms with Crippen molar-refractivity contribution in [2.24, 2.45) is 0 Å². The predicted octanol–water partition coefficient (Wildman–Crippen LogP) is 1.13. The Morgan fingerprint density at radius 3 is 2.71 bits per heavy atom. The zero-order valence-electron chi connectivity index (χ0n) is 21.3. The van der Waals surface area contributed by atoms with Gasteiger partial charge >= 0.3 is 11.7 Å². The summed E-state index contributed by atoms with van der Waals surface area (Å²) in [7, 11) is 1.51. The number of hydrogen-bond donors (Lipinski definition) is 4. The minimum Gasteiger partial charge on any atom is -0.481 e. The van der Waals surface area contributed by atoms with Gasteiger partial charge in [-0.2, -0.15) is 0 Å². The van der Waals surface area contributed by atoms with Gasteiger partial charge in [0, 0.05) is 42.8 Å². The lowest BCUT2D eigenvalue weighted by molar-refractivity contribution is -0.118. The minimum absolute atomic E-state index is 0.00359. The molecule has 12 nitrogen and oxygen atoms in total. The summed E-state index contributed by atoms with van der Waals surface area (Å²) in [5, 5.41) is 11.2. The number of pyridine rings is 1. The van der Waals surface area contributed by atoms with Crippen LogP contribution in [0.15, 0.2) is 57.9 Å². The Labute approximate surface area is 218 Å². The zero-order valence-corrected chi connectivity index (χ0v) is 21.3. The van der Waals surface area contributed by atoms with Crippen molar-refractivity contribution in [3.05, 3.63) is 91.5 Å². The van der Waals surface area contributed by atoms with E-state index in [0.717, 1.165) is 10.1 Å². The number of nitrogens with zero attached hydrogens (tertiary/aromatic N) is 3. The number of methoxy groups -OCH3 is 1. The van der Waals surface area contributed by atoms with Gasteiger partial charge in [-0.25, -0.2) is 14.6 Å². The van der Waals surface area contributed by atoms with E-state index in [4.69, 9.17) is 4.74 Å². The third-order valence-corrected chi connectivity index (χ3v) is 6.00. The fourth-order valence-corrected chi connectivity index (χ4v) is 4.04. The Balaban J connectivity index is 1.58. The van der Waals surface area contributed by atoms with Crippen molar-refractivity contribution in [1.29, 1.82) is 0 Å². The number of rotatable bonds is 8. The molecule has 3 aromatic rings. The molecule has 3 heterocycles. The van der Waals surface area contributed by atoms with Crippen LogP contribution in [0.3, 0.4) is 0 Å². The summed E-state index contributed by atoms with van der Waals surface area (Å²) in [6.45, 7) is 4.31. The van der Waals surface area contributed by atoms with Crippen LogP contribution >= 0.6 is 0 Å². The Morgan fingerprint density at radius 2 is 1.95 bits per heavy atom. The van der Waals surface area contributed by atoms with E-state index in [1.165, 1.54) is 17.9 Å². The summed E-state index contributed by atoms with van der Waals surface area (Å²) in [5.41, 5.74) is 2.08. The molecule has 0 radical (unpaired) electrons. The smallest absolute Gasteiger partial charge is 0.335 e. The van der Waals surface area contributed by atoms with E-state index in [2.05, 4.69) is 26.3 Å². The maximum Gasteiger partial charge on any atom is 0.335 e. The molecule has 0 atom stereocenters. The van der Waals surface area contributed by atoms with E-state index in [-0.39, 0.29) is 31.4 Å². The van der Waals surface area contributed by atoms with Crippen molar-refractivity contribution in [2.45, 2.75) is 33.5 Å². The van der Waals surface area contributed by atoms with Gasteiger partial charge in [0.15, 0.2) is 0 Å². The number of carbonyl (C=O) groups is 2. The Morgan fingerprint density at radius 1 is 1.13 bits per heavy atom. The van der Waals surface area contributed by atoms with E-state index in [1.807, 2.05) is 6.92 Å². The standard InChI is InChI=1S/C26H29N7O5/c1-4-27-25(36)31-19-7-5-6-18(10-19)14-33-24(35)16(2)21-13-29-20(15-32(21)26(33)37)23(34)30-12-17-8-9-28-22(11-17)38-3/h5-11,15,29H,4,12-14H2,1-3H3,(H,30,34)(H2,27,31,36). The summed E-state index contributed by atoms with van der Waals surface area (Å²) < 4.78 is 7.55. The first-order valence-corrected chi connectivity index (χ1v) is 12.0. The van der Waals surface area contributed by atoms with Gasteiger partial charge in [0.25, 0.3) is 11.5 Å².